The molecule has 0 saturated carbocycles. The number of fused-ring (bicyclic) bond motifs is 1. The highest BCUT2D eigenvalue weighted by atomic mass is 32.1. The van der Waals surface area contributed by atoms with Crippen LogP contribution in [0.2, 0.25) is 0 Å². The van der Waals surface area contributed by atoms with E-state index in [1.807, 2.05) is 0 Å². The number of aliphatic hydroxyl groups is 2. The Bertz CT molecular complexity index is 1750. The van der Waals surface area contributed by atoms with E-state index in [0.717, 1.165) is 22.8 Å². The molecular weight excluding hydrogens is 542 g/mol. The van der Waals surface area contributed by atoms with Gasteiger partial charge in [-0.05, 0) is 42.8 Å². The topological polar surface area (TPSA) is 142 Å². The van der Waals surface area contributed by atoms with E-state index < -0.39 is 48.0 Å². The van der Waals surface area contributed by atoms with Crippen LogP contribution in [-0.2, 0) is 0 Å². The Morgan fingerprint density at radius 3 is 2.50 bits per heavy atom. The zero-order valence-electron chi connectivity index (χ0n) is 20.9. The van der Waals surface area contributed by atoms with Crippen LogP contribution in [0.1, 0.15) is 15.9 Å². The lowest BCUT2D eigenvalue weighted by molar-refractivity contribution is 0.102. The quantitative estimate of drug-likeness (QED) is 0.224. The highest BCUT2D eigenvalue weighted by molar-refractivity contribution is 7.13. The molecule has 3 aromatic heterocycles. The van der Waals surface area contributed by atoms with Crippen molar-refractivity contribution in [1.29, 1.82) is 0 Å². The maximum absolute atomic E-state index is 14.9. The van der Waals surface area contributed by atoms with E-state index in [4.69, 9.17) is 0 Å². The first kappa shape index (κ1) is 27.0. The Kier molecular flexibility index (Phi) is 7.60. The van der Waals surface area contributed by atoms with E-state index in [9.17, 15) is 28.6 Å². The van der Waals surface area contributed by atoms with Crippen LogP contribution in [0.25, 0.3) is 28.0 Å². The number of halogens is 2. The molecule has 204 valence electrons. The maximum atomic E-state index is 14.9. The van der Waals surface area contributed by atoms with Gasteiger partial charge in [0.2, 0.25) is 5.95 Å². The van der Waals surface area contributed by atoms with Crippen LogP contribution in [0.15, 0.2) is 64.9 Å². The van der Waals surface area contributed by atoms with E-state index in [2.05, 4.69) is 25.6 Å². The van der Waals surface area contributed by atoms with Gasteiger partial charge in [-0.1, -0.05) is 12.1 Å². The van der Waals surface area contributed by atoms with Crippen molar-refractivity contribution >= 4 is 39.4 Å². The third-order valence-electron chi connectivity index (χ3n) is 6.09. The fraction of sp³-hybridized carbons (Fsp3) is 0.148. The molecule has 0 aliphatic rings. The van der Waals surface area contributed by atoms with Crippen LogP contribution in [0.3, 0.4) is 0 Å². The smallest absolute Gasteiger partial charge is 0.257 e. The summed E-state index contributed by atoms with van der Waals surface area (Å²) >= 11 is 1.26. The number of para-hydroxylation sites is 1. The molecular formula is C27H22F2N6O4S. The molecule has 1 amide bonds. The number of pyridine rings is 1. The Morgan fingerprint density at radius 2 is 1.82 bits per heavy atom. The lowest BCUT2D eigenvalue weighted by atomic mass is 9.99. The summed E-state index contributed by atoms with van der Waals surface area (Å²) in [4.78, 5) is 38.9. The second-order valence-electron chi connectivity index (χ2n) is 8.74. The van der Waals surface area contributed by atoms with Crippen molar-refractivity contribution in [2.75, 3.05) is 23.8 Å². The maximum Gasteiger partial charge on any atom is 0.257 e. The number of carbonyl (C=O) groups excluding carboxylic acids is 1. The van der Waals surface area contributed by atoms with Gasteiger partial charge in [-0.25, -0.2) is 18.7 Å². The molecule has 5 rings (SSSR count). The largest absolute Gasteiger partial charge is 0.394 e. The van der Waals surface area contributed by atoms with Crippen molar-refractivity contribution in [3.63, 3.8) is 0 Å². The van der Waals surface area contributed by atoms with Crippen molar-refractivity contribution in [2.24, 2.45) is 0 Å². The minimum absolute atomic E-state index is 0.122. The van der Waals surface area contributed by atoms with E-state index in [0.29, 0.717) is 16.3 Å². The summed E-state index contributed by atoms with van der Waals surface area (Å²) in [5, 5.41) is 27.1. The molecule has 0 spiro atoms. The van der Waals surface area contributed by atoms with Gasteiger partial charge in [0.15, 0.2) is 10.8 Å². The number of rotatable bonds is 8. The lowest BCUT2D eigenvalue weighted by Crippen LogP contribution is -2.29. The number of anilines is 2. The number of thiazole rings is 1. The van der Waals surface area contributed by atoms with Crippen molar-refractivity contribution in [3.8, 4) is 16.9 Å². The van der Waals surface area contributed by atoms with Gasteiger partial charge in [0.05, 0.1) is 24.9 Å². The summed E-state index contributed by atoms with van der Waals surface area (Å²) in [5.41, 5.74) is 0.210. The molecule has 4 N–H and O–H groups in total. The molecule has 0 atom stereocenters. The normalized spacial score (nSPS) is 11.2. The number of aromatic nitrogens is 4. The Balaban J connectivity index is 1.77. The highest BCUT2D eigenvalue weighted by Gasteiger charge is 2.22. The molecule has 0 aliphatic carbocycles. The second kappa shape index (κ2) is 11.3. The number of nitrogens with zero attached hydrogens (tertiary/aromatic N) is 4. The lowest BCUT2D eigenvalue weighted by Gasteiger charge is -2.18. The molecule has 0 unspecified atom stereocenters. The molecule has 40 heavy (non-hydrogen) atoms. The Hall–Kier alpha value is -4.59. The second-order valence-corrected chi connectivity index (χ2v) is 9.63. The van der Waals surface area contributed by atoms with Crippen LogP contribution in [-0.4, -0.2) is 54.9 Å². The van der Waals surface area contributed by atoms with E-state index >= 15 is 0 Å². The third kappa shape index (κ3) is 5.17. The number of hydrogen-bond donors (Lipinski definition) is 4. The van der Waals surface area contributed by atoms with Gasteiger partial charge < -0.3 is 15.5 Å². The molecule has 0 fully saturated rings. The highest BCUT2D eigenvalue weighted by Crippen LogP contribution is 2.32. The minimum atomic E-state index is -0.982. The Labute approximate surface area is 229 Å². The monoisotopic (exact) mass is 564 g/mol. The molecule has 0 radical (unpaired) electrons. The molecule has 0 bridgehead atoms. The van der Waals surface area contributed by atoms with Gasteiger partial charge in [0.25, 0.3) is 11.5 Å². The molecule has 0 saturated heterocycles. The number of aryl methyl sites for hydroxylation is 1. The van der Waals surface area contributed by atoms with Crippen LogP contribution < -0.4 is 16.2 Å². The molecule has 10 nitrogen and oxygen atoms in total. The zero-order chi connectivity index (χ0) is 28.4. The number of nitrogens with one attached hydrogen (secondary N) is 2. The first-order valence-corrected chi connectivity index (χ1v) is 12.9. The predicted molar refractivity (Wildman–Crippen MR) is 147 cm³/mol. The average molecular weight is 565 g/mol. The molecule has 2 aromatic carbocycles. The van der Waals surface area contributed by atoms with Crippen molar-refractivity contribution in [3.05, 3.63) is 93.2 Å². The summed E-state index contributed by atoms with van der Waals surface area (Å²) < 4.78 is 30.6. The number of aliphatic hydroxyl groups excluding tert-OH is 2. The zero-order valence-corrected chi connectivity index (χ0v) is 21.7. The fourth-order valence-corrected chi connectivity index (χ4v) is 4.63. The van der Waals surface area contributed by atoms with Crippen molar-refractivity contribution in [2.45, 2.75) is 13.0 Å². The minimum Gasteiger partial charge on any atom is -0.394 e. The third-order valence-corrected chi connectivity index (χ3v) is 6.78. The van der Waals surface area contributed by atoms with E-state index in [1.165, 1.54) is 23.5 Å². The first-order chi connectivity index (χ1) is 19.3. The van der Waals surface area contributed by atoms with Crippen LogP contribution >= 0.6 is 11.3 Å². The predicted octanol–water partition coefficient (Wildman–Crippen LogP) is 3.51. The molecule has 3 heterocycles. The summed E-state index contributed by atoms with van der Waals surface area (Å²) in [6.45, 7) is 0.847. The number of benzene rings is 2. The van der Waals surface area contributed by atoms with E-state index in [1.54, 1.807) is 36.7 Å². The van der Waals surface area contributed by atoms with Gasteiger partial charge in [0.1, 0.15) is 17.3 Å². The SMILES string of the molecule is Cc1ccc(C(=O)Nc2nccs2)cc1-c1nc(NC(CO)CO)nc2c1ccc(=O)n2-c1c(F)cccc1F. The van der Waals surface area contributed by atoms with Gasteiger partial charge in [-0.3, -0.25) is 19.5 Å². The van der Waals surface area contributed by atoms with Gasteiger partial charge in [-0.2, -0.15) is 4.98 Å². The number of hydrogen-bond acceptors (Lipinski definition) is 9. The van der Waals surface area contributed by atoms with Crippen molar-refractivity contribution < 1.29 is 23.8 Å². The van der Waals surface area contributed by atoms with E-state index in [-0.39, 0.29) is 28.2 Å². The van der Waals surface area contributed by atoms with Crippen LogP contribution in [0.5, 0.6) is 0 Å². The molecule has 13 heteroatoms. The van der Waals surface area contributed by atoms with Gasteiger partial charge >= 0.3 is 0 Å². The standard InChI is InChI=1S/C27H22F2N6O4S/c1-14-5-6-15(25(39)34-27-30-9-10-40-27)11-18(14)22-17-7-8-21(38)35(23-19(28)3-2-4-20(23)29)24(17)33-26(32-22)31-16(12-36)13-37/h2-11,16,36-37H,12-13H2,1H3,(H,30,34,39)(H,31,32,33). The first-order valence-electron chi connectivity index (χ1n) is 12.0. The average Bonchev–Trinajstić information content (AvgIpc) is 3.45. The van der Waals surface area contributed by atoms with Crippen LogP contribution in [0.4, 0.5) is 19.9 Å². The summed E-state index contributed by atoms with van der Waals surface area (Å²) in [6.07, 6.45) is 1.56. The summed E-state index contributed by atoms with van der Waals surface area (Å²) in [7, 11) is 0. The Morgan fingerprint density at radius 1 is 1.07 bits per heavy atom. The summed E-state index contributed by atoms with van der Waals surface area (Å²) in [6, 6.07) is 9.87. The fourth-order valence-electron chi connectivity index (χ4n) is 4.11. The van der Waals surface area contributed by atoms with Crippen LogP contribution in [0, 0.1) is 18.6 Å². The molecule has 0 aliphatic heterocycles. The van der Waals surface area contributed by atoms with Crippen molar-refractivity contribution in [1.82, 2.24) is 19.5 Å². The van der Waals surface area contributed by atoms with Gasteiger partial charge in [0, 0.05) is 34.2 Å². The summed E-state index contributed by atoms with van der Waals surface area (Å²) in [5.74, 6) is -2.50. The number of carbonyl (C=O) groups is 1. The number of amides is 1. The van der Waals surface area contributed by atoms with Gasteiger partial charge in [-0.15, -0.1) is 11.3 Å². The molecule has 5 aromatic rings.